The summed E-state index contributed by atoms with van der Waals surface area (Å²) in [4.78, 5) is 6.74. The lowest BCUT2D eigenvalue weighted by Crippen LogP contribution is -2.46. The normalized spacial score (nSPS) is 16.6. The van der Waals surface area contributed by atoms with Gasteiger partial charge in [0.15, 0.2) is 5.96 Å². The zero-order chi connectivity index (χ0) is 19.8. The van der Waals surface area contributed by atoms with Gasteiger partial charge in [-0.25, -0.2) is 0 Å². The molecule has 0 amide bonds. The summed E-state index contributed by atoms with van der Waals surface area (Å²) in [5.41, 5.74) is 1.13. The van der Waals surface area contributed by atoms with Gasteiger partial charge in [0, 0.05) is 33.2 Å². The second-order valence-corrected chi connectivity index (χ2v) is 6.77. The minimum atomic E-state index is 0.132. The van der Waals surface area contributed by atoms with E-state index in [4.69, 9.17) is 13.9 Å². The van der Waals surface area contributed by atoms with Crippen LogP contribution in [0.15, 0.2) is 45.8 Å². The van der Waals surface area contributed by atoms with Crippen molar-refractivity contribution in [2.24, 2.45) is 4.99 Å². The van der Waals surface area contributed by atoms with Gasteiger partial charge in [-0.1, -0.05) is 12.1 Å². The molecule has 1 saturated heterocycles. The standard InChI is InChI=1S/C21H30N4O3/c1-16-7-8-20(28-16)19(25-9-11-27-12-10-25)15-24-21(22-2)23-14-17-5-4-6-18(13-17)26-3/h4-8,13,19H,9-12,14-15H2,1-3H3,(H2,22,23,24). The minimum absolute atomic E-state index is 0.132. The van der Waals surface area contributed by atoms with Gasteiger partial charge in [-0.3, -0.25) is 9.89 Å². The van der Waals surface area contributed by atoms with Crippen LogP contribution in [0.2, 0.25) is 0 Å². The van der Waals surface area contributed by atoms with Crippen molar-refractivity contribution in [3.8, 4) is 5.75 Å². The average molecular weight is 386 g/mol. The number of nitrogens with zero attached hydrogens (tertiary/aromatic N) is 2. The highest BCUT2D eigenvalue weighted by Crippen LogP contribution is 2.23. The van der Waals surface area contributed by atoms with Crippen molar-refractivity contribution in [2.45, 2.75) is 19.5 Å². The molecule has 2 heterocycles. The zero-order valence-electron chi connectivity index (χ0n) is 16.9. The van der Waals surface area contributed by atoms with E-state index in [0.717, 1.165) is 55.1 Å². The Labute approximate surface area is 166 Å². The number of benzene rings is 1. The van der Waals surface area contributed by atoms with Crippen molar-refractivity contribution in [3.63, 3.8) is 0 Å². The SMILES string of the molecule is CN=C(NCc1cccc(OC)c1)NCC(c1ccc(C)o1)N1CCOCC1. The number of furan rings is 1. The van der Waals surface area contributed by atoms with Crippen LogP contribution in [0.5, 0.6) is 5.75 Å². The zero-order valence-corrected chi connectivity index (χ0v) is 16.9. The Morgan fingerprint density at radius 3 is 2.71 bits per heavy atom. The predicted molar refractivity (Wildman–Crippen MR) is 110 cm³/mol. The number of hydrogen-bond acceptors (Lipinski definition) is 5. The Morgan fingerprint density at radius 1 is 1.21 bits per heavy atom. The summed E-state index contributed by atoms with van der Waals surface area (Å²) < 4.78 is 16.7. The van der Waals surface area contributed by atoms with Crippen LogP contribution in [0, 0.1) is 6.92 Å². The van der Waals surface area contributed by atoms with Gasteiger partial charge < -0.3 is 24.5 Å². The molecular formula is C21H30N4O3. The van der Waals surface area contributed by atoms with Gasteiger partial charge in [0.05, 0.1) is 26.4 Å². The maximum Gasteiger partial charge on any atom is 0.191 e. The van der Waals surface area contributed by atoms with Crippen LogP contribution in [-0.4, -0.2) is 57.9 Å². The smallest absolute Gasteiger partial charge is 0.191 e. The van der Waals surface area contributed by atoms with E-state index in [1.807, 2.05) is 31.2 Å². The van der Waals surface area contributed by atoms with Gasteiger partial charge >= 0.3 is 0 Å². The maximum atomic E-state index is 5.92. The van der Waals surface area contributed by atoms with Crippen molar-refractivity contribution in [2.75, 3.05) is 47.0 Å². The molecular weight excluding hydrogens is 356 g/mol. The molecule has 152 valence electrons. The van der Waals surface area contributed by atoms with Crippen molar-refractivity contribution in [1.29, 1.82) is 0 Å². The number of guanidine groups is 1. The molecule has 1 atom stereocenters. The van der Waals surface area contributed by atoms with Crippen LogP contribution < -0.4 is 15.4 Å². The lowest BCUT2D eigenvalue weighted by atomic mass is 10.1. The van der Waals surface area contributed by atoms with Gasteiger partial charge in [-0.15, -0.1) is 0 Å². The molecule has 1 fully saturated rings. The molecule has 1 aliphatic heterocycles. The third kappa shape index (κ3) is 5.50. The Balaban J connectivity index is 1.60. The molecule has 1 aromatic carbocycles. The van der Waals surface area contributed by atoms with Crippen molar-refractivity contribution >= 4 is 5.96 Å². The van der Waals surface area contributed by atoms with Gasteiger partial charge in [-0.05, 0) is 36.8 Å². The monoisotopic (exact) mass is 386 g/mol. The molecule has 0 saturated carbocycles. The Bertz CT molecular complexity index is 769. The molecule has 1 aliphatic rings. The number of nitrogens with one attached hydrogen (secondary N) is 2. The molecule has 1 aromatic heterocycles. The Kier molecular flexibility index (Phi) is 7.33. The first kappa shape index (κ1) is 20.2. The molecule has 1 unspecified atom stereocenters. The lowest BCUT2D eigenvalue weighted by Gasteiger charge is -2.33. The molecule has 0 bridgehead atoms. The lowest BCUT2D eigenvalue weighted by molar-refractivity contribution is 0.0124. The van der Waals surface area contributed by atoms with Crippen molar-refractivity contribution < 1.29 is 13.9 Å². The topological polar surface area (TPSA) is 71.3 Å². The van der Waals surface area contributed by atoms with E-state index in [2.05, 4.69) is 32.7 Å². The van der Waals surface area contributed by atoms with E-state index >= 15 is 0 Å². The molecule has 3 rings (SSSR count). The number of methoxy groups -OCH3 is 1. The van der Waals surface area contributed by atoms with E-state index < -0.39 is 0 Å². The fourth-order valence-corrected chi connectivity index (χ4v) is 3.31. The highest BCUT2D eigenvalue weighted by Gasteiger charge is 2.25. The highest BCUT2D eigenvalue weighted by atomic mass is 16.5. The van der Waals surface area contributed by atoms with E-state index in [9.17, 15) is 0 Å². The Morgan fingerprint density at radius 2 is 2.04 bits per heavy atom. The first-order chi connectivity index (χ1) is 13.7. The number of aryl methyl sites for hydroxylation is 1. The molecule has 0 spiro atoms. The molecule has 2 aromatic rings. The first-order valence-corrected chi connectivity index (χ1v) is 9.65. The first-order valence-electron chi connectivity index (χ1n) is 9.65. The van der Waals surface area contributed by atoms with Gasteiger partial charge in [0.2, 0.25) is 0 Å². The van der Waals surface area contributed by atoms with Crippen LogP contribution in [-0.2, 0) is 11.3 Å². The summed E-state index contributed by atoms with van der Waals surface area (Å²) in [6.45, 7) is 6.62. The summed E-state index contributed by atoms with van der Waals surface area (Å²) in [5, 5.41) is 6.80. The summed E-state index contributed by atoms with van der Waals surface area (Å²) >= 11 is 0. The molecule has 2 N–H and O–H groups in total. The van der Waals surface area contributed by atoms with Gasteiger partial charge in [0.25, 0.3) is 0 Å². The number of rotatable bonds is 7. The molecule has 7 heteroatoms. The fraction of sp³-hybridized carbons (Fsp3) is 0.476. The van der Waals surface area contributed by atoms with E-state index in [0.29, 0.717) is 13.1 Å². The predicted octanol–water partition coefficient (Wildman–Crippen LogP) is 2.34. The molecule has 28 heavy (non-hydrogen) atoms. The summed E-state index contributed by atoms with van der Waals surface area (Å²) in [7, 11) is 3.46. The Hall–Kier alpha value is -2.51. The summed E-state index contributed by atoms with van der Waals surface area (Å²) in [6, 6.07) is 12.2. The van der Waals surface area contributed by atoms with Crippen LogP contribution >= 0.6 is 0 Å². The maximum absolute atomic E-state index is 5.92. The number of ether oxygens (including phenoxy) is 2. The average Bonchev–Trinajstić information content (AvgIpc) is 3.17. The number of aliphatic imine (C=N–C) groups is 1. The third-order valence-electron chi connectivity index (χ3n) is 4.86. The molecule has 0 radical (unpaired) electrons. The fourth-order valence-electron chi connectivity index (χ4n) is 3.31. The second kappa shape index (κ2) is 10.1. The number of morpholine rings is 1. The van der Waals surface area contributed by atoms with Crippen LogP contribution in [0.25, 0.3) is 0 Å². The molecule has 7 nitrogen and oxygen atoms in total. The van der Waals surface area contributed by atoms with Gasteiger partial charge in [-0.2, -0.15) is 0 Å². The number of hydrogen-bond donors (Lipinski definition) is 2. The largest absolute Gasteiger partial charge is 0.497 e. The quantitative estimate of drug-likeness (QED) is 0.562. The third-order valence-corrected chi connectivity index (χ3v) is 4.86. The van der Waals surface area contributed by atoms with Crippen molar-refractivity contribution in [1.82, 2.24) is 15.5 Å². The van der Waals surface area contributed by atoms with Crippen molar-refractivity contribution in [3.05, 3.63) is 53.5 Å². The summed E-state index contributed by atoms with van der Waals surface area (Å²) in [5.74, 6) is 3.50. The summed E-state index contributed by atoms with van der Waals surface area (Å²) in [6.07, 6.45) is 0. The highest BCUT2D eigenvalue weighted by molar-refractivity contribution is 5.79. The van der Waals surface area contributed by atoms with E-state index in [1.165, 1.54) is 0 Å². The molecule has 0 aliphatic carbocycles. The van der Waals surface area contributed by atoms with Gasteiger partial charge in [0.1, 0.15) is 17.3 Å². The van der Waals surface area contributed by atoms with E-state index in [1.54, 1.807) is 14.2 Å². The van der Waals surface area contributed by atoms with Crippen LogP contribution in [0.4, 0.5) is 0 Å². The second-order valence-electron chi connectivity index (χ2n) is 6.77. The van der Waals surface area contributed by atoms with Crippen LogP contribution in [0.3, 0.4) is 0 Å². The van der Waals surface area contributed by atoms with Crippen LogP contribution in [0.1, 0.15) is 23.1 Å². The van der Waals surface area contributed by atoms with E-state index in [-0.39, 0.29) is 6.04 Å². The minimum Gasteiger partial charge on any atom is -0.497 e.